The Hall–Kier alpha value is -3.35. The maximum Gasteiger partial charge on any atom is 0.325 e. The van der Waals surface area contributed by atoms with Crippen molar-refractivity contribution < 1.29 is 19.1 Å². The first-order valence-electron chi connectivity index (χ1n) is 9.12. The largest absolute Gasteiger partial charge is 0.497 e. The fraction of sp³-hybridized carbons (Fsp3) is 0.286. The van der Waals surface area contributed by atoms with Gasteiger partial charge in [-0.05, 0) is 31.0 Å². The molecule has 0 bridgehead atoms. The maximum absolute atomic E-state index is 12.7. The predicted molar refractivity (Wildman–Crippen MR) is 105 cm³/mol. The van der Waals surface area contributed by atoms with E-state index in [1.165, 1.54) is 4.90 Å². The van der Waals surface area contributed by atoms with Gasteiger partial charge in [-0.25, -0.2) is 4.79 Å². The lowest BCUT2D eigenvalue weighted by atomic mass is 10.1. The molecule has 0 spiro atoms. The van der Waals surface area contributed by atoms with Crippen LogP contribution in [0.4, 0.5) is 10.5 Å². The number of hydrogen-bond acceptors (Lipinski definition) is 4. The first-order valence-corrected chi connectivity index (χ1v) is 9.12. The van der Waals surface area contributed by atoms with Crippen LogP contribution in [0.3, 0.4) is 0 Å². The molecular formula is C21H23N3O4. The highest BCUT2D eigenvalue weighted by Crippen LogP contribution is 2.25. The molecule has 2 aromatic rings. The Labute approximate surface area is 163 Å². The summed E-state index contributed by atoms with van der Waals surface area (Å²) in [6.45, 7) is 1.81. The number of urea groups is 1. The summed E-state index contributed by atoms with van der Waals surface area (Å²) in [7, 11) is 1.55. The number of nitrogens with one attached hydrogen (secondary N) is 2. The lowest BCUT2D eigenvalue weighted by Crippen LogP contribution is -2.34. The fourth-order valence-corrected chi connectivity index (χ4v) is 3.19. The Morgan fingerprint density at radius 2 is 1.93 bits per heavy atom. The molecule has 0 radical (unpaired) electrons. The number of amides is 4. The zero-order chi connectivity index (χ0) is 20.1. The van der Waals surface area contributed by atoms with E-state index in [0.717, 1.165) is 5.56 Å². The summed E-state index contributed by atoms with van der Waals surface area (Å²) in [5.74, 6) is 0.0990. The van der Waals surface area contributed by atoms with Crippen LogP contribution in [0.25, 0.3) is 0 Å². The molecule has 7 nitrogen and oxygen atoms in total. The van der Waals surface area contributed by atoms with Crippen molar-refractivity contribution in [3.8, 4) is 5.75 Å². The first-order chi connectivity index (χ1) is 13.5. The van der Waals surface area contributed by atoms with Crippen LogP contribution in [0.1, 0.15) is 31.4 Å². The van der Waals surface area contributed by atoms with Crippen LogP contribution in [0.5, 0.6) is 5.75 Å². The molecular weight excluding hydrogens is 358 g/mol. The van der Waals surface area contributed by atoms with E-state index in [2.05, 4.69) is 10.6 Å². The van der Waals surface area contributed by atoms with Crippen molar-refractivity contribution in [2.75, 3.05) is 12.4 Å². The van der Waals surface area contributed by atoms with Crippen LogP contribution in [0.2, 0.25) is 0 Å². The van der Waals surface area contributed by atoms with E-state index < -0.39 is 12.1 Å². The number of carbonyl (C=O) groups excluding carboxylic acids is 3. The van der Waals surface area contributed by atoms with Crippen molar-refractivity contribution in [3.63, 3.8) is 0 Å². The van der Waals surface area contributed by atoms with Gasteiger partial charge >= 0.3 is 6.03 Å². The molecule has 0 saturated carbocycles. The summed E-state index contributed by atoms with van der Waals surface area (Å²) in [6, 6.07) is 14.9. The van der Waals surface area contributed by atoms with Crippen molar-refractivity contribution >= 4 is 23.5 Å². The van der Waals surface area contributed by atoms with E-state index >= 15 is 0 Å². The van der Waals surface area contributed by atoms with Crippen LogP contribution >= 0.6 is 0 Å². The smallest absolute Gasteiger partial charge is 0.325 e. The molecule has 7 heteroatoms. The molecule has 2 atom stereocenters. The van der Waals surface area contributed by atoms with Gasteiger partial charge in [-0.15, -0.1) is 0 Å². The third-order valence-electron chi connectivity index (χ3n) is 4.73. The topological polar surface area (TPSA) is 87.7 Å². The van der Waals surface area contributed by atoms with Gasteiger partial charge in [0.15, 0.2) is 0 Å². The second kappa shape index (κ2) is 8.56. The van der Waals surface area contributed by atoms with E-state index in [4.69, 9.17) is 4.74 Å². The molecule has 1 saturated heterocycles. The second-order valence-electron chi connectivity index (χ2n) is 6.62. The number of rotatable bonds is 7. The van der Waals surface area contributed by atoms with E-state index in [1.807, 2.05) is 37.3 Å². The zero-order valence-corrected chi connectivity index (χ0v) is 15.8. The minimum Gasteiger partial charge on any atom is -0.497 e. The van der Waals surface area contributed by atoms with Gasteiger partial charge in [0.2, 0.25) is 5.91 Å². The molecule has 3 rings (SSSR count). The molecule has 0 aromatic heterocycles. The van der Waals surface area contributed by atoms with Crippen molar-refractivity contribution in [3.05, 3.63) is 60.2 Å². The molecule has 1 aliphatic heterocycles. The average molecular weight is 381 g/mol. The molecule has 28 heavy (non-hydrogen) atoms. The zero-order valence-electron chi connectivity index (χ0n) is 15.8. The molecule has 0 aliphatic carbocycles. The van der Waals surface area contributed by atoms with Gasteiger partial charge in [-0.2, -0.15) is 0 Å². The first kappa shape index (κ1) is 19.4. The highest BCUT2D eigenvalue weighted by Gasteiger charge is 2.40. The fourth-order valence-electron chi connectivity index (χ4n) is 3.19. The van der Waals surface area contributed by atoms with Gasteiger partial charge < -0.3 is 15.4 Å². The predicted octanol–water partition coefficient (Wildman–Crippen LogP) is 3.10. The van der Waals surface area contributed by atoms with Gasteiger partial charge in [0.1, 0.15) is 11.8 Å². The number of hydrogen-bond donors (Lipinski definition) is 2. The number of nitrogens with zero attached hydrogens (tertiary/aromatic N) is 1. The standard InChI is InChI=1S/C21H23N3O4/c1-14(15-7-4-3-5-8-15)24-20(26)18(23-21(24)27)11-12-19(25)22-16-9-6-10-17(13-16)28-2/h3-10,13-14,18H,11-12H2,1-2H3,(H,22,25)(H,23,27)/t14-,18+/m1/s1. The second-order valence-corrected chi connectivity index (χ2v) is 6.62. The quantitative estimate of drug-likeness (QED) is 0.722. The van der Waals surface area contributed by atoms with Crippen LogP contribution in [0, 0.1) is 0 Å². The summed E-state index contributed by atoms with van der Waals surface area (Å²) < 4.78 is 5.13. The Balaban J connectivity index is 1.57. The average Bonchev–Trinajstić information content (AvgIpc) is 3.00. The van der Waals surface area contributed by atoms with Crippen molar-refractivity contribution in [2.45, 2.75) is 31.8 Å². The van der Waals surface area contributed by atoms with Gasteiger partial charge in [0, 0.05) is 18.2 Å². The van der Waals surface area contributed by atoms with Gasteiger partial charge in [-0.1, -0.05) is 36.4 Å². The lowest BCUT2D eigenvalue weighted by molar-refractivity contribution is -0.129. The van der Waals surface area contributed by atoms with E-state index in [0.29, 0.717) is 11.4 Å². The summed E-state index contributed by atoms with van der Waals surface area (Å²) in [4.78, 5) is 38.4. The van der Waals surface area contributed by atoms with Gasteiger partial charge in [-0.3, -0.25) is 14.5 Å². The normalized spacial score (nSPS) is 17.2. The Kier molecular flexibility index (Phi) is 5.93. The number of benzene rings is 2. The number of methoxy groups -OCH3 is 1. The monoisotopic (exact) mass is 381 g/mol. The van der Waals surface area contributed by atoms with Gasteiger partial charge in [0.25, 0.3) is 5.91 Å². The summed E-state index contributed by atoms with van der Waals surface area (Å²) in [6.07, 6.45) is 0.347. The highest BCUT2D eigenvalue weighted by atomic mass is 16.5. The van der Waals surface area contributed by atoms with Crippen LogP contribution < -0.4 is 15.4 Å². The highest BCUT2D eigenvalue weighted by molar-refractivity contribution is 6.05. The number of carbonyl (C=O) groups is 3. The third-order valence-corrected chi connectivity index (χ3v) is 4.73. The minimum absolute atomic E-state index is 0.113. The SMILES string of the molecule is COc1cccc(NC(=O)CC[C@@H]2NC(=O)N([C@H](C)c3ccccc3)C2=O)c1. The maximum atomic E-state index is 12.7. The molecule has 2 N–H and O–H groups in total. The van der Waals surface area contributed by atoms with Crippen LogP contribution in [-0.4, -0.2) is 35.9 Å². The molecule has 146 valence electrons. The molecule has 1 aliphatic rings. The number of ether oxygens (including phenoxy) is 1. The molecule has 0 unspecified atom stereocenters. The van der Waals surface area contributed by atoms with Crippen LogP contribution in [0.15, 0.2) is 54.6 Å². The molecule has 2 aromatic carbocycles. The Bertz CT molecular complexity index is 869. The van der Waals surface area contributed by atoms with Crippen molar-refractivity contribution in [2.24, 2.45) is 0 Å². The van der Waals surface area contributed by atoms with Crippen molar-refractivity contribution in [1.29, 1.82) is 0 Å². The van der Waals surface area contributed by atoms with Crippen molar-refractivity contribution in [1.82, 2.24) is 10.2 Å². The Morgan fingerprint density at radius 1 is 1.18 bits per heavy atom. The number of anilines is 1. The summed E-state index contributed by atoms with van der Waals surface area (Å²) in [5, 5.41) is 5.45. The Morgan fingerprint density at radius 3 is 2.64 bits per heavy atom. The van der Waals surface area contributed by atoms with Crippen LogP contribution in [-0.2, 0) is 9.59 Å². The number of imide groups is 1. The lowest BCUT2D eigenvalue weighted by Gasteiger charge is -2.21. The summed E-state index contributed by atoms with van der Waals surface area (Å²) in [5.41, 5.74) is 1.49. The van der Waals surface area contributed by atoms with E-state index in [-0.39, 0.29) is 30.7 Å². The van der Waals surface area contributed by atoms with Gasteiger partial charge in [0.05, 0.1) is 13.2 Å². The van der Waals surface area contributed by atoms with E-state index in [9.17, 15) is 14.4 Å². The van der Waals surface area contributed by atoms with E-state index in [1.54, 1.807) is 31.4 Å². The minimum atomic E-state index is -0.699. The molecule has 1 fully saturated rings. The molecule has 4 amide bonds. The molecule has 1 heterocycles. The third kappa shape index (κ3) is 4.31. The summed E-state index contributed by atoms with van der Waals surface area (Å²) >= 11 is 0.